The Balaban J connectivity index is 2.22. The van der Waals surface area contributed by atoms with Gasteiger partial charge < -0.3 is 14.5 Å². The molecule has 2 N–H and O–H groups in total. The summed E-state index contributed by atoms with van der Waals surface area (Å²) in [6, 6.07) is 1.98. The molecule has 1 fully saturated rings. The number of furan rings is 1. The van der Waals surface area contributed by atoms with Crippen molar-refractivity contribution in [1.29, 1.82) is 0 Å². The number of hydroxylamine groups is 2. The first-order valence-corrected chi connectivity index (χ1v) is 7.06. The maximum atomic E-state index is 13.6. The van der Waals surface area contributed by atoms with Gasteiger partial charge in [0, 0.05) is 5.92 Å². The van der Waals surface area contributed by atoms with Gasteiger partial charge in [-0.2, -0.15) is 0 Å². The van der Waals surface area contributed by atoms with Crippen molar-refractivity contribution >= 4 is 24.1 Å². The zero-order valence-electron chi connectivity index (χ0n) is 12.9. The van der Waals surface area contributed by atoms with Crippen molar-refractivity contribution in [1.82, 2.24) is 10.4 Å². The average molecular weight is 341 g/mol. The quantitative estimate of drug-likeness (QED) is 0.358. The third-order valence-corrected chi connectivity index (χ3v) is 3.17. The van der Waals surface area contributed by atoms with Gasteiger partial charge in [-0.3, -0.25) is 19.8 Å². The van der Waals surface area contributed by atoms with Crippen molar-refractivity contribution < 1.29 is 33.1 Å². The Hall–Kier alpha value is -2.75. The zero-order valence-corrected chi connectivity index (χ0v) is 12.9. The monoisotopic (exact) mass is 341 g/mol. The Morgan fingerprint density at radius 3 is 2.83 bits per heavy atom. The van der Waals surface area contributed by atoms with Crippen LogP contribution in [-0.4, -0.2) is 46.9 Å². The molecule has 3 unspecified atom stereocenters. The third-order valence-electron chi connectivity index (χ3n) is 3.17. The first kappa shape index (κ1) is 17.6. The van der Waals surface area contributed by atoms with Crippen LogP contribution in [0.15, 0.2) is 27.8 Å². The molecule has 2 heterocycles. The number of urea groups is 1. The molecule has 2 rings (SSSR count). The van der Waals surface area contributed by atoms with E-state index in [1.54, 1.807) is 12.1 Å². The number of nitrogens with zero attached hydrogens (tertiary/aromatic N) is 2. The number of aliphatic imine (C=N–C) groups is 1. The van der Waals surface area contributed by atoms with Gasteiger partial charge in [-0.25, -0.2) is 9.18 Å². The molecule has 1 saturated heterocycles. The summed E-state index contributed by atoms with van der Waals surface area (Å²) in [6.45, 7) is 2.96. The van der Waals surface area contributed by atoms with Crippen LogP contribution < -0.4 is 5.32 Å². The number of nitrogens with one attached hydrogen (secondary N) is 1. The molecular formula is C14H16FN3O6. The van der Waals surface area contributed by atoms with Gasteiger partial charge in [0.25, 0.3) is 5.91 Å². The van der Waals surface area contributed by atoms with E-state index in [1.165, 1.54) is 26.3 Å². The fraction of sp³-hybridized carbons (Fsp3) is 0.429. The predicted molar refractivity (Wildman–Crippen MR) is 76.6 cm³/mol. The number of halogens is 1. The lowest BCUT2D eigenvalue weighted by atomic mass is 10.0. The Morgan fingerprint density at radius 1 is 1.54 bits per heavy atom. The number of amides is 3. The van der Waals surface area contributed by atoms with Gasteiger partial charge in [0.1, 0.15) is 11.9 Å². The first-order chi connectivity index (χ1) is 11.3. The normalized spacial score (nSPS) is 22.8. The summed E-state index contributed by atoms with van der Waals surface area (Å²) in [5.41, 5.74) is 0. The molecule has 0 saturated carbocycles. The summed E-state index contributed by atoms with van der Waals surface area (Å²) in [5.74, 6) is -4.56. The molecule has 130 valence electrons. The topological polar surface area (TPSA) is 121 Å². The van der Waals surface area contributed by atoms with Crippen molar-refractivity contribution in [3.63, 3.8) is 0 Å². The number of ether oxygens (including phenoxy) is 1. The molecule has 1 aromatic heterocycles. The van der Waals surface area contributed by atoms with Gasteiger partial charge in [0.15, 0.2) is 5.92 Å². The third kappa shape index (κ3) is 3.77. The Morgan fingerprint density at radius 2 is 2.25 bits per heavy atom. The van der Waals surface area contributed by atoms with Crippen molar-refractivity contribution in [3.8, 4) is 0 Å². The minimum atomic E-state index is -1.94. The molecule has 0 radical (unpaired) electrons. The van der Waals surface area contributed by atoms with Gasteiger partial charge >= 0.3 is 12.0 Å². The molecule has 0 aliphatic carbocycles. The average Bonchev–Trinajstić information content (AvgIpc) is 3.03. The lowest BCUT2D eigenvalue weighted by molar-refractivity contribution is -0.181. The Bertz CT molecular complexity index is 645. The van der Waals surface area contributed by atoms with Crippen LogP contribution in [0.25, 0.3) is 0 Å². The Kier molecular flexibility index (Phi) is 5.29. The van der Waals surface area contributed by atoms with E-state index in [1.807, 2.05) is 0 Å². The molecule has 1 aliphatic heterocycles. The van der Waals surface area contributed by atoms with Gasteiger partial charge in [-0.05, 0) is 12.1 Å². The second-order valence-corrected chi connectivity index (χ2v) is 5.35. The second kappa shape index (κ2) is 7.21. The number of hydrogen-bond donors (Lipinski definition) is 2. The summed E-state index contributed by atoms with van der Waals surface area (Å²) < 4.78 is 23.2. The van der Waals surface area contributed by atoms with E-state index in [0.29, 0.717) is 5.76 Å². The number of carbonyl (C=O) groups is 3. The molecule has 0 aromatic carbocycles. The summed E-state index contributed by atoms with van der Waals surface area (Å²) in [6.07, 6.45) is -0.750. The molecule has 3 amide bonds. The van der Waals surface area contributed by atoms with Crippen molar-refractivity contribution in [2.24, 2.45) is 16.8 Å². The van der Waals surface area contributed by atoms with Crippen LogP contribution in [0.2, 0.25) is 0 Å². The van der Waals surface area contributed by atoms with Crippen LogP contribution in [0.5, 0.6) is 0 Å². The zero-order chi connectivity index (χ0) is 17.9. The number of imide groups is 1. The molecule has 24 heavy (non-hydrogen) atoms. The van der Waals surface area contributed by atoms with Gasteiger partial charge in [0.05, 0.1) is 12.5 Å². The molecule has 3 atom stereocenters. The SMILES string of the molecule is CC(C)C(F)OC(=O)C1C(=O)N(O)C(=O)NC1N=Cc1ccco1. The predicted octanol–water partition coefficient (Wildman–Crippen LogP) is 1.08. The summed E-state index contributed by atoms with van der Waals surface area (Å²) in [5, 5.41) is 11.3. The van der Waals surface area contributed by atoms with E-state index < -0.39 is 42.3 Å². The van der Waals surface area contributed by atoms with Gasteiger partial charge in [-0.15, -0.1) is 5.06 Å². The summed E-state index contributed by atoms with van der Waals surface area (Å²) in [7, 11) is 0. The maximum absolute atomic E-state index is 13.6. The van der Waals surface area contributed by atoms with Crippen LogP contribution in [-0.2, 0) is 14.3 Å². The smallest absolute Gasteiger partial charge is 0.350 e. The molecule has 10 heteroatoms. The molecular weight excluding hydrogens is 325 g/mol. The van der Waals surface area contributed by atoms with Crippen LogP contribution in [0.1, 0.15) is 19.6 Å². The highest BCUT2D eigenvalue weighted by molar-refractivity contribution is 6.07. The lowest BCUT2D eigenvalue weighted by Gasteiger charge is -2.31. The lowest BCUT2D eigenvalue weighted by Crippen LogP contribution is -2.60. The first-order valence-electron chi connectivity index (χ1n) is 7.06. The van der Waals surface area contributed by atoms with E-state index in [2.05, 4.69) is 15.0 Å². The minimum Gasteiger partial charge on any atom is -0.463 e. The largest absolute Gasteiger partial charge is 0.463 e. The summed E-state index contributed by atoms with van der Waals surface area (Å²) >= 11 is 0. The summed E-state index contributed by atoms with van der Waals surface area (Å²) in [4.78, 5) is 39.5. The van der Waals surface area contributed by atoms with Crippen LogP contribution in [0.4, 0.5) is 9.18 Å². The number of alkyl halides is 1. The fourth-order valence-electron chi connectivity index (χ4n) is 1.83. The van der Waals surface area contributed by atoms with Crippen LogP contribution >= 0.6 is 0 Å². The Labute approximate surface area is 136 Å². The van der Waals surface area contributed by atoms with E-state index in [9.17, 15) is 24.0 Å². The van der Waals surface area contributed by atoms with Crippen molar-refractivity contribution in [2.45, 2.75) is 26.4 Å². The van der Waals surface area contributed by atoms with Crippen LogP contribution in [0.3, 0.4) is 0 Å². The van der Waals surface area contributed by atoms with E-state index in [-0.39, 0.29) is 5.06 Å². The fourth-order valence-corrected chi connectivity index (χ4v) is 1.83. The molecule has 0 spiro atoms. The molecule has 1 aromatic rings. The van der Waals surface area contributed by atoms with E-state index in [0.717, 1.165) is 0 Å². The highest BCUT2D eigenvalue weighted by atomic mass is 19.1. The second-order valence-electron chi connectivity index (χ2n) is 5.35. The van der Waals surface area contributed by atoms with Crippen molar-refractivity contribution in [2.75, 3.05) is 0 Å². The van der Waals surface area contributed by atoms with Gasteiger partial charge in [-0.1, -0.05) is 13.8 Å². The minimum absolute atomic E-state index is 0.270. The van der Waals surface area contributed by atoms with Gasteiger partial charge in [0.2, 0.25) is 6.36 Å². The number of hydrogen-bond acceptors (Lipinski definition) is 7. The highest BCUT2D eigenvalue weighted by Crippen LogP contribution is 2.20. The maximum Gasteiger partial charge on any atom is 0.350 e. The standard InChI is InChI=1S/C14H16FN3O6/c1-7(2)10(15)24-13(20)9-11(16-6-8-4-3-5-23-8)17-14(21)18(22)12(9)19/h3-7,9-11,22H,1-2H3,(H,17,21). The number of rotatable bonds is 5. The van der Waals surface area contributed by atoms with Crippen molar-refractivity contribution in [3.05, 3.63) is 24.2 Å². The van der Waals surface area contributed by atoms with Crippen LogP contribution in [0, 0.1) is 11.8 Å². The number of carbonyl (C=O) groups excluding carboxylic acids is 3. The van der Waals surface area contributed by atoms with E-state index in [4.69, 9.17) is 4.42 Å². The highest BCUT2D eigenvalue weighted by Gasteiger charge is 2.47. The molecule has 1 aliphatic rings. The number of esters is 1. The molecule has 0 bridgehead atoms. The molecule has 9 nitrogen and oxygen atoms in total. The van der Waals surface area contributed by atoms with E-state index >= 15 is 0 Å².